The highest BCUT2D eigenvalue weighted by molar-refractivity contribution is 6.31. The standard InChI is InChI=1S/C20H18ClFN2O3/c21-16-9-13(6-7-17(16)22)23-19(25)15-5-1-3-12-10-24(20(26)18(12)15)11-14-4-2-8-27-14/h1,3,5-7,9,14H,2,4,8,10-11H2,(H,23,25). The lowest BCUT2D eigenvalue weighted by Gasteiger charge is -2.19. The van der Waals surface area contributed by atoms with Crippen molar-refractivity contribution in [1.29, 1.82) is 0 Å². The van der Waals surface area contributed by atoms with E-state index < -0.39 is 11.7 Å². The number of carbonyl (C=O) groups is 2. The molecule has 0 spiro atoms. The minimum absolute atomic E-state index is 0.0573. The maximum absolute atomic E-state index is 13.3. The third kappa shape index (κ3) is 3.55. The average Bonchev–Trinajstić information content (AvgIpc) is 3.27. The van der Waals surface area contributed by atoms with E-state index in [1.807, 2.05) is 6.07 Å². The lowest BCUT2D eigenvalue weighted by atomic mass is 10.0. The maximum Gasteiger partial charge on any atom is 0.256 e. The van der Waals surface area contributed by atoms with Gasteiger partial charge in [0.05, 0.1) is 22.3 Å². The number of rotatable bonds is 4. The molecule has 1 atom stereocenters. The van der Waals surface area contributed by atoms with Crippen molar-refractivity contribution in [3.05, 3.63) is 63.9 Å². The van der Waals surface area contributed by atoms with Crippen molar-refractivity contribution < 1.29 is 18.7 Å². The van der Waals surface area contributed by atoms with Crippen molar-refractivity contribution in [1.82, 2.24) is 4.90 Å². The first-order valence-corrected chi connectivity index (χ1v) is 9.20. The summed E-state index contributed by atoms with van der Waals surface area (Å²) in [5.41, 5.74) is 1.91. The molecular formula is C20H18ClFN2O3. The van der Waals surface area contributed by atoms with Gasteiger partial charge in [-0.2, -0.15) is 0 Å². The highest BCUT2D eigenvalue weighted by atomic mass is 35.5. The molecule has 140 valence electrons. The van der Waals surface area contributed by atoms with E-state index in [1.54, 1.807) is 17.0 Å². The summed E-state index contributed by atoms with van der Waals surface area (Å²) in [5.74, 6) is -1.15. The monoisotopic (exact) mass is 388 g/mol. The number of anilines is 1. The van der Waals surface area contributed by atoms with Gasteiger partial charge in [-0.1, -0.05) is 23.7 Å². The van der Waals surface area contributed by atoms with Crippen LogP contribution in [0.4, 0.5) is 10.1 Å². The van der Waals surface area contributed by atoms with Crippen molar-refractivity contribution >= 4 is 29.1 Å². The van der Waals surface area contributed by atoms with Crippen molar-refractivity contribution in [2.24, 2.45) is 0 Å². The number of halogens is 2. The number of carbonyl (C=O) groups excluding carboxylic acids is 2. The summed E-state index contributed by atoms with van der Waals surface area (Å²) in [5, 5.41) is 2.60. The summed E-state index contributed by atoms with van der Waals surface area (Å²) >= 11 is 5.76. The third-order valence-electron chi connectivity index (χ3n) is 4.88. The van der Waals surface area contributed by atoms with E-state index in [9.17, 15) is 14.0 Å². The van der Waals surface area contributed by atoms with Crippen LogP contribution in [0.3, 0.4) is 0 Å². The summed E-state index contributed by atoms with van der Waals surface area (Å²) in [6.45, 7) is 1.73. The molecule has 7 heteroatoms. The second-order valence-electron chi connectivity index (χ2n) is 6.74. The second-order valence-corrected chi connectivity index (χ2v) is 7.15. The number of nitrogens with one attached hydrogen (secondary N) is 1. The van der Waals surface area contributed by atoms with Gasteiger partial charge in [-0.25, -0.2) is 4.39 Å². The molecule has 0 aliphatic carbocycles. The Morgan fingerprint density at radius 3 is 2.93 bits per heavy atom. The van der Waals surface area contributed by atoms with Gasteiger partial charge in [0.2, 0.25) is 0 Å². The van der Waals surface area contributed by atoms with Crippen molar-refractivity contribution in [2.75, 3.05) is 18.5 Å². The van der Waals surface area contributed by atoms with E-state index in [4.69, 9.17) is 16.3 Å². The molecule has 2 aromatic carbocycles. The van der Waals surface area contributed by atoms with E-state index in [-0.39, 0.29) is 17.0 Å². The molecule has 2 heterocycles. The maximum atomic E-state index is 13.3. The van der Waals surface area contributed by atoms with E-state index >= 15 is 0 Å². The summed E-state index contributed by atoms with van der Waals surface area (Å²) in [4.78, 5) is 27.3. The van der Waals surface area contributed by atoms with Gasteiger partial charge in [0.1, 0.15) is 5.82 Å². The largest absolute Gasteiger partial charge is 0.376 e. The van der Waals surface area contributed by atoms with Crippen molar-refractivity contribution in [2.45, 2.75) is 25.5 Å². The van der Waals surface area contributed by atoms with Gasteiger partial charge in [0, 0.05) is 25.4 Å². The summed E-state index contributed by atoms with van der Waals surface area (Å²) in [7, 11) is 0. The van der Waals surface area contributed by atoms with Crippen LogP contribution in [0, 0.1) is 5.82 Å². The predicted molar refractivity (Wildman–Crippen MR) is 99.5 cm³/mol. The number of ether oxygens (including phenoxy) is 1. The molecule has 5 nitrogen and oxygen atoms in total. The van der Waals surface area contributed by atoms with Crippen molar-refractivity contribution in [3.63, 3.8) is 0 Å². The van der Waals surface area contributed by atoms with E-state index in [0.717, 1.165) is 25.0 Å². The molecule has 0 bridgehead atoms. The molecule has 2 aliphatic heterocycles. The summed E-state index contributed by atoms with van der Waals surface area (Å²) in [6, 6.07) is 9.18. The van der Waals surface area contributed by atoms with Gasteiger partial charge in [-0.05, 0) is 42.7 Å². The molecule has 1 N–H and O–H groups in total. The lowest BCUT2D eigenvalue weighted by Crippen LogP contribution is -2.32. The molecule has 27 heavy (non-hydrogen) atoms. The van der Waals surface area contributed by atoms with Crippen LogP contribution in [-0.4, -0.2) is 36.0 Å². The Morgan fingerprint density at radius 2 is 2.19 bits per heavy atom. The fraction of sp³-hybridized carbons (Fsp3) is 0.300. The number of fused-ring (bicyclic) bond motifs is 1. The van der Waals surface area contributed by atoms with Crippen LogP contribution in [0.2, 0.25) is 5.02 Å². The third-order valence-corrected chi connectivity index (χ3v) is 5.17. The smallest absolute Gasteiger partial charge is 0.256 e. The minimum atomic E-state index is -0.560. The van der Waals surface area contributed by atoms with Crippen LogP contribution in [0.5, 0.6) is 0 Å². The Kier molecular flexibility index (Phi) is 4.85. The van der Waals surface area contributed by atoms with Gasteiger partial charge in [0.15, 0.2) is 0 Å². The molecule has 1 fully saturated rings. The van der Waals surface area contributed by atoms with Crippen LogP contribution >= 0.6 is 11.6 Å². The Hall–Kier alpha value is -2.44. The van der Waals surface area contributed by atoms with Crippen LogP contribution in [0.15, 0.2) is 36.4 Å². The summed E-state index contributed by atoms with van der Waals surface area (Å²) in [6.07, 6.45) is 2.01. The van der Waals surface area contributed by atoms with Gasteiger partial charge < -0.3 is 15.0 Å². The SMILES string of the molecule is O=C(Nc1ccc(F)c(Cl)c1)c1cccc2c1C(=O)N(CC1CCCO1)C2. The highest BCUT2D eigenvalue weighted by Gasteiger charge is 2.33. The molecule has 0 aromatic heterocycles. The molecular weight excluding hydrogens is 371 g/mol. The molecule has 1 saturated heterocycles. The zero-order chi connectivity index (χ0) is 19.0. The van der Waals surface area contributed by atoms with Crippen molar-refractivity contribution in [3.8, 4) is 0 Å². The van der Waals surface area contributed by atoms with Gasteiger partial charge in [-0.15, -0.1) is 0 Å². The fourth-order valence-corrected chi connectivity index (χ4v) is 3.74. The average molecular weight is 389 g/mol. The number of nitrogens with zero attached hydrogens (tertiary/aromatic N) is 1. The Labute approximate surface area is 161 Å². The van der Waals surface area contributed by atoms with Gasteiger partial charge >= 0.3 is 0 Å². The van der Waals surface area contributed by atoms with Crippen LogP contribution in [0.25, 0.3) is 0 Å². The number of amides is 2. The number of hydrogen-bond donors (Lipinski definition) is 1. The Bertz CT molecular complexity index is 912. The first kappa shape index (κ1) is 17.9. The zero-order valence-electron chi connectivity index (χ0n) is 14.5. The Morgan fingerprint density at radius 1 is 1.33 bits per heavy atom. The van der Waals surface area contributed by atoms with Crippen LogP contribution < -0.4 is 5.32 Å². The summed E-state index contributed by atoms with van der Waals surface area (Å²) < 4.78 is 18.9. The van der Waals surface area contributed by atoms with Gasteiger partial charge in [-0.3, -0.25) is 9.59 Å². The van der Waals surface area contributed by atoms with Crippen LogP contribution in [0.1, 0.15) is 39.1 Å². The number of benzene rings is 2. The zero-order valence-corrected chi connectivity index (χ0v) is 15.3. The minimum Gasteiger partial charge on any atom is -0.376 e. The molecule has 2 aromatic rings. The van der Waals surface area contributed by atoms with E-state index in [2.05, 4.69) is 5.32 Å². The molecule has 0 radical (unpaired) electrons. The van der Waals surface area contributed by atoms with Crippen LogP contribution in [-0.2, 0) is 11.3 Å². The normalized spacial score (nSPS) is 18.7. The molecule has 0 saturated carbocycles. The second kappa shape index (κ2) is 7.29. The van der Waals surface area contributed by atoms with E-state index in [1.165, 1.54) is 18.2 Å². The fourth-order valence-electron chi connectivity index (χ4n) is 3.56. The van der Waals surface area contributed by atoms with E-state index in [0.29, 0.717) is 29.9 Å². The lowest BCUT2D eigenvalue weighted by molar-refractivity contribution is 0.0544. The molecule has 4 rings (SSSR count). The Balaban J connectivity index is 1.55. The first-order chi connectivity index (χ1) is 13.0. The molecule has 2 aliphatic rings. The predicted octanol–water partition coefficient (Wildman–Crippen LogP) is 3.87. The number of hydrogen-bond acceptors (Lipinski definition) is 3. The topological polar surface area (TPSA) is 58.6 Å². The molecule has 1 unspecified atom stereocenters. The highest BCUT2D eigenvalue weighted by Crippen LogP contribution is 2.28. The molecule has 2 amide bonds. The quantitative estimate of drug-likeness (QED) is 0.865. The first-order valence-electron chi connectivity index (χ1n) is 8.82. The van der Waals surface area contributed by atoms with Gasteiger partial charge in [0.25, 0.3) is 11.8 Å².